The zero-order chi connectivity index (χ0) is 92.2. The summed E-state index contributed by atoms with van der Waals surface area (Å²) in [6.45, 7) is 10.9. The van der Waals surface area contributed by atoms with E-state index in [0.717, 1.165) is 33.5 Å². The molecule has 0 amide bonds. The zero-order valence-corrected chi connectivity index (χ0v) is 58.8. The standard InChI is InChI=1S/3C18H18.3C16H10O/c3*1-3-13-15-9-5-7-11-17(15)14(4-2)18-12-8-6-10-16(13)18;1-2-6-12-10-16-14(9-11(12)5-1)13-7-3-4-8-15(13)17-16;1-2-6-12-11(5-1)9-10-14-13-7-3-4-8-15(13)17-16(12)14;1-2-6-12-11(5-1)9-10-15-16(12)13-7-3-4-8-14(13)17-15/h3*5-12H,3-4H2,1-2H3;3*1-10H/i3*5D,6D,7D,8D,9D,10D,11D,12D;;;. The van der Waals surface area contributed by atoms with Crippen molar-refractivity contribution in [1.29, 1.82) is 0 Å². The summed E-state index contributed by atoms with van der Waals surface area (Å²) in [7, 11) is 0. The Bertz CT molecular complexity index is 7310. The molecule has 0 atom stereocenters. The SMILES string of the molecule is [2H]c1c([2H])c([2H])c2c(CC)c3c([2H])c([2H])c([2H])c([2H])c3c(CC)c2c1[2H].[2H]c1c([2H])c([2H])c2c(CC)c3c([2H])c([2H])c([2H])c([2H])c3c(CC)c2c1[2H].[2H]c1c([2H])c([2H])c2c(CC)c3c([2H])c([2H])c([2H])c([2H])c3c(CC)c2c1[2H].c1ccc2c(c1)ccc1c3ccccc3oc21.c1ccc2c(c1)ccc1oc3ccccc3c12.c1ccc2cc3c(cc2c1)oc1ccccc13. The number of benzene rings is 18. The first-order valence-electron chi connectivity index (χ1n) is 47.5. The molecule has 105 heavy (non-hydrogen) atoms. The molecule has 3 nitrogen and oxygen atoms in total. The number of furan rings is 3. The minimum absolute atomic E-state index is 0.165. The Morgan fingerprint density at radius 1 is 0.200 bits per heavy atom. The Balaban J connectivity index is 0.000000114. The lowest BCUT2D eigenvalue weighted by atomic mass is 9.90. The summed E-state index contributed by atoms with van der Waals surface area (Å²) in [6, 6.07) is 56.5. The van der Waals surface area contributed by atoms with Crippen LogP contribution in [0, 0.1) is 0 Å². The van der Waals surface area contributed by atoms with Crippen LogP contribution in [0.1, 0.15) is 108 Å². The van der Waals surface area contributed by atoms with Gasteiger partial charge < -0.3 is 13.3 Å². The molecule has 0 radical (unpaired) electrons. The molecule has 0 unspecified atom stereocenters. The summed E-state index contributed by atoms with van der Waals surface area (Å²) in [5.74, 6) is 0. The van der Waals surface area contributed by atoms with Crippen molar-refractivity contribution < 1.29 is 46.1 Å². The number of aryl methyl sites for hydroxylation is 6. The predicted molar refractivity (Wildman–Crippen MR) is 454 cm³/mol. The first-order chi connectivity index (χ1) is 61.8. The lowest BCUT2D eigenvalue weighted by Crippen LogP contribution is -1.93. The highest BCUT2D eigenvalue weighted by atomic mass is 16.3. The van der Waals surface area contributed by atoms with Crippen molar-refractivity contribution in [3.63, 3.8) is 0 Å². The Morgan fingerprint density at radius 2 is 0.476 bits per heavy atom. The molecular weight excluding hydrogens is 1270 g/mol. The van der Waals surface area contributed by atoms with Gasteiger partial charge in [-0.15, -0.1) is 0 Å². The lowest BCUT2D eigenvalue weighted by Gasteiger charge is -2.14. The van der Waals surface area contributed by atoms with Crippen LogP contribution >= 0.6 is 0 Å². The van der Waals surface area contributed by atoms with E-state index in [1.54, 1.807) is 0 Å². The highest BCUT2D eigenvalue weighted by Gasteiger charge is 2.16. The van der Waals surface area contributed by atoms with Gasteiger partial charge in [0.15, 0.2) is 0 Å². The minimum Gasteiger partial charge on any atom is -0.456 e. The van der Waals surface area contributed by atoms with Gasteiger partial charge in [0.25, 0.3) is 0 Å². The average Bonchev–Trinajstić information content (AvgIpc) is 1.63. The van der Waals surface area contributed by atoms with Crippen LogP contribution in [0.3, 0.4) is 0 Å². The number of rotatable bonds is 6. The maximum atomic E-state index is 8.35. The number of fused-ring (bicyclic) bond motifs is 20. The van der Waals surface area contributed by atoms with Gasteiger partial charge in [-0.25, -0.2) is 0 Å². The summed E-state index contributed by atoms with van der Waals surface area (Å²) >= 11 is 0. The van der Waals surface area contributed by atoms with Gasteiger partial charge in [-0.2, -0.15) is 0 Å². The van der Waals surface area contributed by atoms with Gasteiger partial charge in [-0.1, -0.05) is 326 Å². The van der Waals surface area contributed by atoms with Crippen molar-refractivity contribution in [2.24, 2.45) is 0 Å². The highest BCUT2D eigenvalue weighted by molar-refractivity contribution is 6.19. The molecule has 0 saturated carbocycles. The van der Waals surface area contributed by atoms with Crippen LogP contribution in [0.5, 0.6) is 0 Å². The van der Waals surface area contributed by atoms with Gasteiger partial charge in [0.2, 0.25) is 0 Å². The molecule has 3 heterocycles. The third-order valence-corrected chi connectivity index (χ3v) is 19.6. The summed E-state index contributed by atoms with van der Waals surface area (Å²) in [6.07, 6.45) is 2.34. The Kier molecular flexibility index (Phi) is 12.8. The fourth-order valence-electron chi connectivity index (χ4n) is 14.8. The molecule has 0 spiro atoms. The smallest absolute Gasteiger partial charge is 0.143 e. The molecule has 0 N–H and O–H groups in total. The van der Waals surface area contributed by atoms with E-state index in [9.17, 15) is 0 Å². The quantitative estimate of drug-likeness (QED) is 0.156. The molecule has 0 saturated heterocycles. The zero-order valence-electron chi connectivity index (χ0n) is 82.8. The van der Waals surface area contributed by atoms with E-state index >= 15 is 0 Å². The van der Waals surface area contributed by atoms with Gasteiger partial charge in [0.1, 0.15) is 33.5 Å². The minimum atomic E-state index is -0.334. The number of hydrogen-bond acceptors (Lipinski definition) is 3. The molecule has 0 bridgehead atoms. The molecule has 510 valence electrons. The molecule has 0 aliphatic heterocycles. The fraction of sp³-hybridized carbons (Fsp3) is 0.118. The second kappa shape index (κ2) is 30.0. The predicted octanol–water partition coefficient (Wildman–Crippen LogP) is 29.6. The highest BCUT2D eigenvalue weighted by Crippen LogP contribution is 2.40. The molecule has 0 aliphatic rings. The van der Waals surface area contributed by atoms with Crippen molar-refractivity contribution >= 4 is 163 Å². The van der Waals surface area contributed by atoms with Crippen LogP contribution in [0.4, 0.5) is 0 Å². The van der Waals surface area contributed by atoms with Crippen LogP contribution in [0.2, 0.25) is 0 Å². The molecule has 21 rings (SSSR count). The molecule has 3 aromatic heterocycles. The first-order valence-corrected chi connectivity index (χ1v) is 35.5. The average molecular weight is 1380 g/mol. The monoisotopic (exact) mass is 1380 g/mol. The van der Waals surface area contributed by atoms with E-state index in [0.29, 0.717) is 137 Å². The Labute approximate surface area is 646 Å². The van der Waals surface area contributed by atoms with Crippen LogP contribution in [0.25, 0.3) is 163 Å². The molecule has 18 aromatic carbocycles. The van der Waals surface area contributed by atoms with Gasteiger partial charge in [-0.3, -0.25) is 0 Å². The molecule has 3 heteroatoms. The van der Waals surface area contributed by atoms with E-state index in [-0.39, 0.29) is 145 Å². The fourth-order valence-corrected chi connectivity index (χ4v) is 14.8. The Morgan fingerprint density at radius 3 is 0.867 bits per heavy atom. The van der Waals surface area contributed by atoms with E-state index < -0.39 is 0 Å². The second-order valence-electron chi connectivity index (χ2n) is 25.3. The first kappa shape index (κ1) is 44.9. The molecule has 0 fully saturated rings. The van der Waals surface area contributed by atoms with Crippen molar-refractivity contribution in [2.75, 3.05) is 0 Å². The lowest BCUT2D eigenvalue weighted by molar-refractivity contribution is 0.669. The largest absolute Gasteiger partial charge is 0.456 e. The van der Waals surface area contributed by atoms with Crippen LogP contribution in [0.15, 0.2) is 340 Å². The third-order valence-electron chi connectivity index (χ3n) is 19.6. The van der Waals surface area contributed by atoms with Crippen LogP contribution < -0.4 is 0 Å². The van der Waals surface area contributed by atoms with E-state index in [1.165, 1.54) is 64.6 Å². The van der Waals surface area contributed by atoms with Crippen molar-refractivity contribution in [3.8, 4) is 0 Å². The second-order valence-corrected chi connectivity index (χ2v) is 25.3. The topological polar surface area (TPSA) is 39.4 Å². The summed E-state index contributed by atoms with van der Waals surface area (Å²) < 4.78 is 214. The van der Waals surface area contributed by atoms with Crippen molar-refractivity contribution in [1.82, 2.24) is 0 Å². The maximum Gasteiger partial charge on any atom is 0.143 e. The van der Waals surface area contributed by atoms with Gasteiger partial charge in [-0.05, 0) is 206 Å². The molecular formula is C102H84O3. The molecule has 21 aromatic rings. The summed E-state index contributed by atoms with van der Waals surface area (Å²) in [4.78, 5) is 0. The van der Waals surface area contributed by atoms with E-state index in [2.05, 4.69) is 133 Å². The van der Waals surface area contributed by atoms with E-state index in [4.69, 9.17) is 46.1 Å². The van der Waals surface area contributed by atoms with E-state index in [1.807, 2.05) is 90.1 Å². The van der Waals surface area contributed by atoms with Crippen molar-refractivity contribution in [2.45, 2.75) is 80.1 Å². The van der Waals surface area contributed by atoms with Crippen LogP contribution in [-0.4, -0.2) is 0 Å². The van der Waals surface area contributed by atoms with Gasteiger partial charge >= 0.3 is 0 Å². The van der Waals surface area contributed by atoms with Gasteiger partial charge in [0, 0.05) is 37.7 Å². The Hall–Kier alpha value is -12.3. The number of para-hydroxylation sites is 3. The maximum absolute atomic E-state index is 8.35. The van der Waals surface area contributed by atoms with Gasteiger partial charge in [0.05, 0.1) is 32.9 Å². The number of hydrogen-bond donors (Lipinski definition) is 0. The molecule has 0 aliphatic carbocycles. The normalized spacial score (nSPS) is 14.6. The van der Waals surface area contributed by atoms with Crippen LogP contribution in [-0.2, 0) is 38.5 Å². The van der Waals surface area contributed by atoms with Crippen molar-refractivity contribution in [3.05, 3.63) is 360 Å². The summed E-state index contributed by atoms with van der Waals surface area (Å²) in [5, 5.41) is 18.8. The summed E-state index contributed by atoms with van der Waals surface area (Å²) in [5.41, 5.74) is 8.99. The third kappa shape index (κ3) is 12.6.